The molecule has 0 saturated heterocycles. The van der Waals surface area contributed by atoms with E-state index in [0.717, 1.165) is 0 Å². The lowest BCUT2D eigenvalue weighted by Gasteiger charge is -2.19. The van der Waals surface area contributed by atoms with Crippen molar-refractivity contribution in [2.75, 3.05) is 7.11 Å². The van der Waals surface area contributed by atoms with E-state index in [-0.39, 0.29) is 17.2 Å². The van der Waals surface area contributed by atoms with E-state index in [9.17, 15) is 14.4 Å². The smallest absolute Gasteiger partial charge is 0.328 e. The second kappa shape index (κ2) is 8.68. The van der Waals surface area contributed by atoms with E-state index < -0.39 is 17.9 Å². The van der Waals surface area contributed by atoms with E-state index in [1.54, 1.807) is 48.5 Å². The van der Waals surface area contributed by atoms with Crippen LogP contribution in [0, 0.1) is 5.92 Å². The summed E-state index contributed by atoms with van der Waals surface area (Å²) in [5.41, 5.74) is 0.292. The molecule has 150 valence electrons. The molecule has 2 aromatic carbocycles. The number of fused-ring (bicyclic) bond motifs is 1. The fraction of sp³-hybridized carbons (Fsp3) is 0.273. The number of nitrogens with one attached hydrogen (secondary N) is 1. The first kappa shape index (κ1) is 20.3. The summed E-state index contributed by atoms with van der Waals surface area (Å²) in [6, 6.07) is 14.9. The minimum atomic E-state index is -0.801. The number of benzene rings is 2. The second-order valence-corrected chi connectivity index (χ2v) is 7.13. The van der Waals surface area contributed by atoms with Gasteiger partial charge in [-0.05, 0) is 30.5 Å². The molecule has 0 radical (unpaired) electrons. The van der Waals surface area contributed by atoms with E-state index in [1.165, 1.54) is 11.8 Å². The van der Waals surface area contributed by atoms with Gasteiger partial charge in [-0.2, -0.15) is 9.78 Å². The zero-order valence-corrected chi connectivity index (χ0v) is 16.6. The van der Waals surface area contributed by atoms with Crippen LogP contribution < -0.4 is 10.9 Å². The quantitative estimate of drug-likeness (QED) is 0.651. The Bertz CT molecular complexity index is 1090. The maximum atomic E-state index is 13.1. The molecule has 3 aromatic rings. The standard InChI is InChI=1S/C22H23N3O4/c1-14(2)13-18(22(28)29-3)23-20(26)19-16-11-7-8-12-17(16)21(27)25(24-19)15-9-5-4-6-10-15/h4-12,14,18H,13H2,1-3H3,(H,23,26). The first-order chi connectivity index (χ1) is 13.9. The maximum absolute atomic E-state index is 13.1. The molecule has 1 aromatic heterocycles. The molecule has 1 atom stereocenters. The Labute approximate surface area is 168 Å². The lowest BCUT2D eigenvalue weighted by atomic mass is 10.0. The topological polar surface area (TPSA) is 90.3 Å². The molecule has 0 aliphatic heterocycles. The van der Waals surface area contributed by atoms with Crippen LogP contribution >= 0.6 is 0 Å². The fourth-order valence-electron chi connectivity index (χ4n) is 3.16. The number of hydrogen-bond donors (Lipinski definition) is 1. The molecule has 0 fully saturated rings. The van der Waals surface area contributed by atoms with Gasteiger partial charge in [-0.25, -0.2) is 4.79 Å². The molecule has 0 saturated carbocycles. The summed E-state index contributed by atoms with van der Waals surface area (Å²) in [5.74, 6) is -0.892. The van der Waals surface area contributed by atoms with Crippen LogP contribution in [-0.2, 0) is 9.53 Å². The highest BCUT2D eigenvalue weighted by Crippen LogP contribution is 2.16. The molecule has 0 bridgehead atoms. The highest BCUT2D eigenvalue weighted by molar-refractivity contribution is 6.05. The number of para-hydroxylation sites is 1. The zero-order chi connectivity index (χ0) is 21.0. The first-order valence-corrected chi connectivity index (χ1v) is 9.38. The van der Waals surface area contributed by atoms with Gasteiger partial charge in [0.15, 0.2) is 5.69 Å². The molecule has 7 nitrogen and oxygen atoms in total. The maximum Gasteiger partial charge on any atom is 0.328 e. The number of rotatable bonds is 6. The van der Waals surface area contributed by atoms with Crippen molar-refractivity contribution >= 4 is 22.6 Å². The third-order valence-electron chi connectivity index (χ3n) is 4.52. The molecule has 1 N–H and O–H groups in total. The number of carbonyl (C=O) groups excluding carboxylic acids is 2. The minimum absolute atomic E-state index is 0.0710. The van der Waals surface area contributed by atoms with Gasteiger partial charge in [0.1, 0.15) is 6.04 Å². The van der Waals surface area contributed by atoms with Crippen molar-refractivity contribution in [1.82, 2.24) is 15.1 Å². The van der Waals surface area contributed by atoms with Crippen molar-refractivity contribution in [3.05, 3.63) is 70.6 Å². The molecule has 1 unspecified atom stereocenters. The van der Waals surface area contributed by atoms with Crippen LogP contribution in [0.15, 0.2) is 59.4 Å². The summed E-state index contributed by atoms with van der Waals surface area (Å²) >= 11 is 0. The van der Waals surface area contributed by atoms with Gasteiger partial charge in [-0.3, -0.25) is 9.59 Å². The average Bonchev–Trinajstić information content (AvgIpc) is 2.73. The molecular formula is C22H23N3O4. The van der Waals surface area contributed by atoms with Gasteiger partial charge in [-0.1, -0.05) is 50.2 Å². The number of carbonyl (C=O) groups is 2. The van der Waals surface area contributed by atoms with Crippen LogP contribution in [0.3, 0.4) is 0 Å². The largest absolute Gasteiger partial charge is 0.467 e. The summed E-state index contributed by atoms with van der Waals surface area (Å²) in [7, 11) is 1.28. The number of esters is 1. The van der Waals surface area contributed by atoms with Crippen LogP contribution in [-0.4, -0.2) is 34.8 Å². The Morgan fingerprint density at radius 3 is 2.28 bits per heavy atom. The Morgan fingerprint density at radius 2 is 1.66 bits per heavy atom. The molecular weight excluding hydrogens is 370 g/mol. The van der Waals surface area contributed by atoms with Gasteiger partial charge in [0.2, 0.25) is 0 Å². The molecule has 0 spiro atoms. The van der Waals surface area contributed by atoms with Crippen molar-refractivity contribution in [3.8, 4) is 5.69 Å². The molecule has 0 aliphatic rings. The van der Waals surface area contributed by atoms with Gasteiger partial charge in [0.25, 0.3) is 11.5 Å². The van der Waals surface area contributed by atoms with Gasteiger partial charge >= 0.3 is 5.97 Å². The Hall–Kier alpha value is -3.48. The number of amides is 1. The Kier molecular flexibility index (Phi) is 6.07. The van der Waals surface area contributed by atoms with E-state index in [1.807, 2.05) is 19.9 Å². The second-order valence-electron chi connectivity index (χ2n) is 7.13. The van der Waals surface area contributed by atoms with E-state index >= 15 is 0 Å². The van der Waals surface area contributed by atoms with Crippen LogP contribution in [0.5, 0.6) is 0 Å². The highest BCUT2D eigenvalue weighted by atomic mass is 16.5. The normalized spacial score (nSPS) is 12.0. The predicted molar refractivity (Wildman–Crippen MR) is 110 cm³/mol. The molecule has 0 aliphatic carbocycles. The van der Waals surface area contributed by atoms with Gasteiger partial charge in [-0.15, -0.1) is 0 Å². The zero-order valence-electron chi connectivity index (χ0n) is 16.6. The van der Waals surface area contributed by atoms with Crippen LogP contribution in [0.1, 0.15) is 30.8 Å². The highest BCUT2D eigenvalue weighted by Gasteiger charge is 2.25. The predicted octanol–water partition coefficient (Wildman–Crippen LogP) is 2.70. The summed E-state index contributed by atoms with van der Waals surface area (Å²) in [6.45, 7) is 3.90. The molecule has 7 heteroatoms. The summed E-state index contributed by atoms with van der Waals surface area (Å²) in [5, 5.41) is 7.84. The molecule has 29 heavy (non-hydrogen) atoms. The fourth-order valence-corrected chi connectivity index (χ4v) is 3.16. The molecule has 1 amide bonds. The SMILES string of the molecule is COC(=O)C(CC(C)C)NC(=O)c1nn(-c2ccccc2)c(=O)c2ccccc12. The Balaban J connectivity index is 2.10. The van der Waals surface area contributed by atoms with Crippen molar-refractivity contribution in [2.45, 2.75) is 26.3 Å². The summed E-state index contributed by atoms with van der Waals surface area (Å²) in [4.78, 5) is 38.1. The Morgan fingerprint density at radius 1 is 1.03 bits per heavy atom. The third kappa shape index (κ3) is 4.34. The van der Waals surface area contributed by atoms with Crippen LogP contribution in [0.2, 0.25) is 0 Å². The van der Waals surface area contributed by atoms with Crippen molar-refractivity contribution in [3.63, 3.8) is 0 Å². The number of nitrogens with zero attached hydrogens (tertiary/aromatic N) is 2. The lowest BCUT2D eigenvalue weighted by molar-refractivity contribution is -0.143. The number of aromatic nitrogens is 2. The molecule has 3 rings (SSSR count). The van der Waals surface area contributed by atoms with Crippen LogP contribution in [0.25, 0.3) is 16.5 Å². The van der Waals surface area contributed by atoms with E-state index in [4.69, 9.17) is 4.74 Å². The summed E-state index contributed by atoms with van der Waals surface area (Å²) < 4.78 is 6.02. The van der Waals surface area contributed by atoms with Gasteiger partial charge in [0.05, 0.1) is 18.2 Å². The van der Waals surface area contributed by atoms with Crippen molar-refractivity contribution in [2.24, 2.45) is 5.92 Å². The van der Waals surface area contributed by atoms with Crippen molar-refractivity contribution < 1.29 is 14.3 Å². The molecule has 1 heterocycles. The monoisotopic (exact) mass is 393 g/mol. The number of methoxy groups -OCH3 is 1. The number of ether oxygens (including phenoxy) is 1. The lowest BCUT2D eigenvalue weighted by Crippen LogP contribution is -2.43. The third-order valence-corrected chi connectivity index (χ3v) is 4.52. The summed E-state index contributed by atoms with van der Waals surface area (Å²) in [6.07, 6.45) is 0.425. The minimum Gasteiger partial charge on any atom is -0.467 e. The van der Waals surface area contributed by atoms with E-state index in [0.29, 0.717) is 22.9 Å². The average molecular weight is 393 g/mol. The van der Waals surface area contributed by atoms with Crippen LogP contribution in [0.4, 0.5) is 0 Å². The van der Waals surface area contributed by atoms with E-state index in [2.05, 4.69) is 10.4 Å². The first-order valence-electron chi connectivity index (χ1n) is 9.38. The number of hydrogen-bond acceptors (Lipinski definition) is 5. The van der Waals surface area contributed by atoms with Crippen molar-refractivity contribution in [1.29, 1.82) is 0 Å². The van der Waals surface area contributed by atoms with Gasteiger partial charge < -0.3 is 10.1 Å². The van der Waals surface area contributed by atoms with Gasteiger partial charge in [0, 0.05) is 5.39 Å².